The van der Waals surface area contributed by atoms with Gasteiger partial charge in [-0.15, -0.1) is 0 Å². The molecule has 2 aromatic heterocycles. The molecule has 0 bridgehead atoms. The number of hydrogen-bond donors (Lipinski definition) is 1. The summed E-state index contributed by atoms with van der Waals surface area (Å²) in [5.41, 5.74) is 1.25. The van der Waals surface area contributed by atoms with Gasteiger partial charge in [-0.25, -0.2) is 0 Å². The zero-order chi connectivity index (χ0) is 15.5. The Kier molecular flexibility index (Phi) is 4.11. The van der Waals surface area contributed by atoms with Crippen LogP contribution in [0.1, 0.15) is 24.3 Å². The summed E-state index contributed by atoms with van der Waals surface area (Å²) in [6.45, 7) is 2.56. The minimum atomic E-state index is 0.500. The maximum Gasteiger partial charge on any atom is 0.137 e. The van der Waals surface area contributed by atoms with Crippen LogP contribution in [0, 0.1) is 5.92 Å². The van der Waals surface area contributed by atoms with E-state index in [0.29, 0.717) is 17.9 Å². The van der Waals surface area contributed by atoms with E-state index in [9.17, 15) is 0 Å². The van der Waals surface area contributed by atoms with Crippen LogP contribution in [-0.4, -0.2) is 35.8 Å². The number of rotatable bonds is 7. The molecule has 2 fully saturated rings. The van der Waals surface area contributed by atoms with Crippen LogP contribution >= 0.6 is 0 Å². The summed E-state index contributed by atoms with van der Waals surface area (Å²) in [6, 6.07) is 6.46. The Morgan fingerprint density at radius 1 is 1.09 bits per heavy atom. The molecule has 0 spiro atoms. The molecule has 3 atom stereocenters. The van der Waals surface area contributed by atoms with E-state index < -0.39 is 0 Å². The lowest BCUT2D eigenvalue weighted by Gasteiger charge is -2.27. The van der Waals surface area contributed by atoms with Crippen molar-refractivity contribution in [3.63, 3.8) is 0 Å². The standard InChI is InChI=1S/C18H21N3O2/c1-2-16(9-19-4-1)22-11-14-7-18(14)13-6-17(10-20-8-13)23-12-15-3-5-21-15/h1-2,4,6,8-10,14-15,18,21H,3,5,7,11-12H2. The maximum absolute atomic E-state index is 5.83. The molecule has 5 nitrogen and oxygen atoms in total. The zero-order valence-electron chi connectivity index (χ0n) is 13.0. The third-order valence-corrected chi connectivity index (χ3v) is 4.56. The number of nitrogens with zero attached hydrogens (tertiary/aromatic N) is 2. The molecular weight excluding hydrogens is 290 g/mol. The first kappa shape index (κ1) is 14.5. The molecule has 1 aliphatic heterocycles. The van der Waals surface area contributed by atoms with Gasteiger partial charge in [-0.05, 0) is 49.1 Å². The van der Waals surface area contributed by atoms with Gasteiger partial charge in [-0.3, -0.25) is 9.97 Å². The fraction of sp³-hybridized carbons (Fsp3) is 0.444. The summed E-state index contributed by atoms with van der Waals surface area (Å²) in [6.07, 6.45) is 9.60. The lowest BCUT2D eigenvalue weighted by Crippen LogP contribution is -2.46. The molecule has 0 amide bonds. The molecule has 1 aliphatic carbocycles. The highest BCUT2D eigenvalue weighted by Crippen LogP contribution is 2.47. The van der Waals surface area contributed by atoms with E-state index >= 15 is 0 Å². The fourth-order valence-corrected chi connectivity index (χ4v) is 2.88. The van der Waals surface area contributed by atoms with Gasteiger partial charge in [0.1, 0.15) is 18.1 Å². The average molecular weight is 311 g/mol. The van der Waals surface area contributed by atoms with Gasteiger partial charge >= 0.3 is 0 Å². The molecule has 0 aromatic carbocycles. The van der Waals surface area contributed by atoms with E-state index in [1.807, 2.05) is 18.3 Å². The summed E-state index contributed by atoms with van der Waals surface area (Å²) in [5.74, 6) is 2.79. The Bertz CT molecular complexity index is 646. The van der Waals surface area contributed by atoms with Crippen molar-refractivity contribution in [3.8, 4) is 11.5 Å². The molecule has 0 radical (unpaired) electrons. The molecule has 2 aliphatic rings. The highest BCUT2D eigenvalue weighted by atomic mass is 16.5. The predicted molar refractivity (Wildman–Crippen MR) is 86.7 cm³/mol. The normalized spacial score (nSPS) is 25.5. The van der Waals surface area contributed by atoms with Gasteiger partial charge in [-0.1, -0.05) is 0 Å². The van der Waals surface area contributed by atoms with E-state index in [1.165, 1.54) is 12.0 Å². The Morgan fingerprint density at radius 3 is 2.74 bits per heavy atom. The molecule has 5 heteroatoms. The summed E-state index contributed by atoms with van der Waals surface area (Å²) in [4.78, 5) is 8.39. The summed E-state index contributed by atoms with van der Waals surface area (Å²) < 4.78 is 11.6. The molecule has 3 heterocycles. The largest absolute Gasteiger partial charge is 0.492 e. The van der Waals surface area contributed by atoms with Gasteiger partial charge in [0, 0.05) is 24.4 Å². The smallest absolute Gasteiger partial charge is 0.137 e. The van der Waals surface area contributed by atoms with Crippen molar-refractivity contribution in [2.75, 3.05) is 19.8 Å². The molecule has 1 N–H and O–H groups in total. The van der Waals surface area contributed by atoms with Crippen molar-refractivity contribution < 1.29 is 9.47 Å². The number of ether oxygens (including phenoxy) is 2. The molecular formula is C18H21N3O2. The van der Waals surface area contributed by atoms with E-state index in [-0.39, 0.29) is 0 Å². The number of pyridine rings is 2. The first-order valence-electron chi connectivity index (χ1n) is 8.22. The van der Waals surface area contributed by atoms with Crippen molar-refractivity contribution in [2.45, 2.75) is 24.8 Å². The Hall–Kier alpha value is -2.14. The molecule has 120 valence electrons. The van der Waals surface area contributed by atoms with Crippen molar-refractivity contribution in [2.24, 2.45) is 5.92 Å². The van der Waals surface area contributed by atoms with Gasteiger partial charge in [0.05, 0.1) is 19.0 Å². The van der Waals surface area contributed by atoms with Crippen LogP contribution in [-0.2, 0) is 0 Å². The molecule has 1 saturated carbocycles. The lowest BCUT2D eigenvalue weighted by molar-refractivity contribution is 0.216. The first-order chi connectivity index (χ1) is 11.4. The first-order valence-corrected chi connectivity index (χ1v) is 8.22. The van der Waals surface area contributed by atoms with Gasteiger partial charge in [0.15, 0.2) is 0 Å². The van der Waals surface area contributed by atoms with Crippen LogP contribution in [0.25, 0.3) is 0 Å². The molecule has 3 unspecified atom stereocenters. The van der Waals surface area contributed by atoms with Gasteiger partial charge in [0.2, 0.25) is 0 Å². The van der Waals surface area contributed by atoms with Crippen molar-refractivity contribution in [1.82, 2.24) is 15.3 Å². The van der Waals surface area contributed by atoms with Gasteiger partial charge in [0.25, 0.3) is 0 Å². The Morgan fingerprint density at radius 2 is 1.96 bits per heavy atom. The topological polar surface area (TPSA) is 56.3 Å². The molecule has 4 rings (SSSR count). The van der Waals surface area contributed by atoms with E-state index in [4.69, 9.17) is 9.47 Å². The van der Waals surface area contributed by atoms with Gasteiger partial charge in [-0.2, -0.15) is 0 Å². The Labute approximate surface area is 136 Å². The van der Waals surface area contributed by atoms with Crippen molar-refractivity contribution >= 4 is 0 Å². The lowest BCUT2D eigenvalue weighted by atomic mass is 10.1. The van der Waals surface area contributed by atoms with Crippen LogP contribution < -0.4 is 14.8 Å². The second-order valence-electron chi connectivity index (χ2n) is 6.31. The minimum Gasteiger partial charge on any atom is -0.492 e. The highest BCUT2D eigenvalue weighted by molar-refractivity contribution is 5.30. The number of hydrogen-bond acceptors (Lipinski definition) is 5. The second kappa shape index (κ2) is 6.54. The fourth-order valence-electron chi connectivity index (χ4n) is 2.88. The van der Waals surface area contributed by atoms with Crippen LogP contribution in [0.2, 0.25) is 0 Å². The second-order valence-corrected chi connectivity index (χ2v) is 6.31. The van der Waals surface area contributed by atoms with Crippen LogP contribution in [0.4, 0.5) is 0 Å². The third-order valence-electron chi connectivity index (χ3n) is 4.56. The highest BCUT2D eigenvalue weighted by Gasteiger charge is 2.39. The molecule has 23 heavy (non-hydrogen) atoms. The summed E-state index contributed by atoms with van der Waals surface area (Å²) >= 11 is 0. The van der Waals surface area contributed by atoms with Crippen LogP contribution in [0.3, 0.4) is 0 Å². The minimum absolute atomic E-state index is 0.500. The molecule has 1 saturated heterocycles. The monoisotopic (exact) mass is 311 g/mol. The van der Waals surface area contributed by atoms with Crippen molar-refractivity contribution in [3.05, 3.63) is 48.5 Å². The van der Waals surface area contributed by atoms with E-state index in [0.717, 1.165) is 37.7 Å². The summed E-state index contributed by atoms with van der Waals surface area (Å²) in [5, 5.41) is 3.34. The predicted octanol–water partition coefficient (Wildman–Crippen LogP) is 2.40. The van der Waals surface area contributed by atoms with E-state index in [1.54, 1.807) is 18.6 Å². The number of nitrogens with one attached hydrogen (secondary N) is 1. The average Bonchev–Trinajstić information content (AvgIpc) is 3.33. The van der Waals surface area contributed by atoms with Crippen molar-refractivity contribution in [1.29, 1.82) is 0 Å². The quantitative estimate of drug-likeness (QED) is 0.851. The van der Waals surface area contributed by atoms with E-state index in [2.05, 4.69) is 21.4 Å². The SMILES string of the molecule is c1cncc(OCC2CC2c2cncc(OCC3CCN3)c2)c1. The molecule has 2 aromatic rings. The third kappa shape index (κ3) is 3.62. The Balaban J connectivity index is 1.29. The van der Waals surface area contributed by atoms with Crippen LogP contribution in [0.15, 0.2) is 43.0 Å². The van der Waals surface area contributed by atoms with Gasteiger partial charge < -0.3 is 14.8 Å². The maximum atomic E-state index is 5.83. The zero-order valence-corrected chi connectivity index (χ0v) is 13.0. The number of aromatic nitrogens is 2. The van der Waals surface area contributed by atoms with Crippen LogP contribution in [0.5, 0.6) is 11.5 Å². The summed E-state index contributed by atoms with van der Waals surface area (Å²) in [7, 11) is 0.